The van der Waals surface area contributed by atoms with Crippen LogP contribution >= 0.6 is 0 Å². The van der Waals surface area contributed by atoms with Gasteiger partial charge in [0.15, 0.2) is 22.9 Å². The number of aromatic hydroxyl groups is 1. The first-order chi connectivity index (χ1) is 17.2. The van der Waals surface area contributed by atoms with Crippen molar-refractivity contribution in [2.24, 2.45) is 23.5 Å². The standard InChI is InChI=1S/C25H32N4O8/c1-28(2)9-14(30)27-13-6-5-10-7-11-8-12-18(29(3)4)21(33)17(24(26)36)23(35)25(12,37)22(34)16(11)20(32)15(10)19(13)31/h5-6,11-12,17-18,21,31,33-34,37H,7-9H2,1-4H3,(H2,26,36)(H,27,30)/t11-,12-,17?,18-,21?,25-/m0/s1. The lowest BCUT2D eigenvalue weighted by Gasteiger charge is -2.53. The van der Waals surface area contributed by atoms with E-state index in [1.165, 1.54) is 6.07 Å². The SMILES string of the molecule is CN(C)CC(=O)Nc1ccc2c(c1O)C(=O)C1=C(O)[C@]3(O)C(=O)C(C(N)=O)C(O)[C@@H](N(C)C)[C@@H]3C[C@@H]1C2. The Hall–Kier alpha value is -3.32. The average molecular weight is 517 g/mol. The van der Waals surface area contributed by atoms with E-state index in [0.29, 0.717) is 5.56 Å². The van der Waals surface area contributed by atoms with Gasteiger partial charge in [-0.3, -0.25) is 19.2 Å². The number of carbonyl (C=O) groups excluding carboxylic acids is 4. The molecule has 1 saturated carbocycles. The van der Waals surface area contributed by atoms with Crippen LogP contribution in [0.1, 0.15) is 22.3 Å². The van der Waals surface area contributed by atoms with E-state index in [9.17, 15) is 39.6 Å². The highest BCUT2D eigenvalue weighted by atomic mass is 16.4. The minimum Gasteiger partial charge on any atom is -0.508 e. The minimum atomic E-state index is -2.64. The first-order valence-corrected chi connectivity index (χ1v) is 11.9. The van der Waals surface area contributed by atoms with Gasteiger partial charge < -0.3 is 41.3 Å². The number of rotatable bonds is 5. The summed E-state index contributed by atoms with van der Waals surface area (Å²) < 4.78 is 0. The van der Waals surface area contributed by atoms with Crippen LogP contribution < -0.4 is 11.1 Å². The number of hydrogen-bond donors (Lipinski definition) is 6. The van der Waals surface area contributed by atoms with Gasteiger partial charge in [-0.05, 0) is 58.6 Å². The number of hydrogen-bond acceptors (Lipinski definition) is 10. The predicted molar refractivity (Wildman–Crippen MR) is 131 cm³/mol. The maximum absolute atomic E-state index is 13.6. The number of Topliss-reactive ketones (excluding diaryl/α,β-unsaturated/α-hetero) is 2. The number of anilines is 1. The number of phenols is 1. The second-order valence-corrected chi connectivity index (χ2v) is 10.6. The van der Waals surface area contributed by atoms with Crippen molar-refractivity contribution < 1.29 is 39.6 Å². The number of nitrogens with zero attached hydrogens (tertiary/aromatic N) is 2. The van der Waals surface area contributed by atoms with Crippen LogP contribution in [0.2, 0.25) is 0 Å². The smallest absolute Gasteiger partial charge is 0.238 e. The summed E-state index contributed by atoms with van der Waals surface area (Å²) in [6, 6.07) is 2.15. The van der Waals surface area contributed by atoms with Crippen molar-refractivity contribution in [2.45, 2.75) is 30.6 Å². The fraction of sp³-hybridized carbons (Fsp3) is 0.520. The van der Waals surface area contributed by atoms with E-state index in [0.717, 1.165) is 0 Å². The van der Waals surface area contributed by atoms with Crippen LogP contribution in [0, 0.1) is 17.8 Å². The van der Waals surface area contributed by atoms with E-state index < -0.39 is 70.4 Å². The number of likely N-dealkylation sites (N-methyl/N-ethyl adjacent to an activating group) is 2. The Labute approximate surface area is 213 Å². The number of fused-ring (bicyclic) bond motifs is 3. The quantitative estimate of drug-likeness (QED) is 0.204. The van der Waals surface area contributed by atoms with Gasteiger partial charge in [0.05, 0.1) is 23.9 Å². The van der Waals surface area contributed by atoms with Crippen molar-refractivity contribution in [1.82, 2.24) is 9.80 Å². The molecule has 0 heterocycles. The fourth-order valence-corrected chi connectivity index (χ4v) is 6.16. The van der Waals surface area contributed by atoms with Gasteiger partial charge in [0.2, 0.25) is 11.8 Å². The summed E-state index contributed by atoms with van der Waals surface area (Å²) in [5.41, 5.74) is 2.82. The molecule has 37 heavy (non-hydrogen) atoms. The maximum atomic E-state index is 13.6. The first kappa shape index (κ1) is 26.7. The third-order valence-corrected chi connectivity index (χ3v) is 7.70. The van der Waals surface area contributed by atoms with Gasteiger partial charge in [0.1, 0.15) is 11.7 Å². The molecule has 12 heteroatoms. The second kappa shape index (κ2) is 9.21. The fourth-order valence-electron chi connectivity index (χ4n) is 6.16. The zero-order chi connectivity index (χ0) is 27.6. The first-order valence-electron chi connectivity index (χ1n) is 11.9. The molecule has 0 bridgehead atoms. The normalized spacial score (nSPS) is 31.2. The molecule has 1 aromatic rings. The lowest BCUT2D eigenvalue weighted by molar-refractivity contribution is -0.178. The van der Waals surface area contributed by atoms with Crippen LogP contribution in [0.3, 0.4) is 0 Å². The van der Waals surface area contributed by atoms with Crippen LogP contribution in [-0.2, 0) is 20.8 Å². The number of ketones is 2. The Morgan fingerprint density at radius 1 is 1.16 bits per heavy atom. The van der Waals surface area contributed by atoms with E-state index in [-0.39, 0.29) is 36.2 Å². The van der Waals surface area contributed by atoms with E-state index in [1.54, 1.807) is 44.1 Å². The number of primary amides is 1. The number of allylic oxidation sites excluding steroid dienone is 1. The Bertz CT molecular complexity index is 1230. The number of aliphatic hydroxyl groups is 3. The molecule has 3 aliphatic carbocycles. The van der Waals surface area contributed by atoms with Crippen LogP contribution in [0.25, 0.3) is 0 Å². The lowest BCUT2D eigenvalue weighted by atomic mass is 9.56. The maximum Gasteiger partial charge on any atom is 0.238 e. The molecule has 6 atom stereocenters. The molecule has 12 nitrogen and oxygen atoms in total. The van der Waals surface area contributed by atoms with Gasteiger partial charge in [0, 0.05) is 17.5 Å². The third kappa shape index (κ3) is 4.00. The Balaban J connectivity index is 1.82. The monoisotopic (exact) mass is 516 g/mol. The number of aliphatic hydroxyl groups excluding tert-OH is 2. The molecule has 1 fully saturated rings. The summed E-state index contributed by atoms with van der Waals surface area (Å²) >= 11 is 0. The van der Waals surface area contributed by atoms with Crippen LogP contribution in [0.15, 0.2) is 23.5 Å². The second-order valence-electron chi connectivity index (χ2n) is 10.6. The number of nitrogens with one attached hydrogen (secondary N) is 1. The summed E-state index contributed by atoms with van der Waals surface area (Å²) in [7, 11) is 6.59. The largest absolute Gasteiger partial charge is 0.508 e. The van der Waals surface area contributed by atoms with Crippen LogP contribution in [0.4, 0.5) is 5.69 Å². The van der Waals surface area contributed by atoms with E-state index in [1.807, 2.05) is 0 Å². The summed E-state index contributed by atoms with van der Waals surface area (Å²) in [6.07, 6.45) is -1.29. The molecule has 0 radical (unpaired) electrons. The molecule has 0 aliphatic heterocycles. The van der Waals surface area contributed by atoms with Crippen molar-refractivity contribution in [1.29, 1.82) is 0 Å². The van der Waals surface area contributed by atoms with E-state index in [4.69, 9.17) is 5.73 Å². The Morgan fingerprint density at radius 2 is 1.81 bits per heavy atom. The van der Waals surface area contributed by atoms with Crippen molar-refractivity contribution in [2.75, 3.05) is 40.1 Å². The van der Waals surface area contributed by atoms with Crippen LogP contribution in [0.5, 0.6) is 5.75 Å². The van der Waals surface area contributed by atoms with Crippen molar-refractivity contribution >= 4 is 29.1 Å². The highest BCUT2D eigenvalue weighted by molar-refractivity contribution is 6.16. The van der Waals surface area contributed by atoms with Crippen molar-refractivity contribution in [3.8, 4) is 5.75 Å². The summed E-state index contributed by atoms with van der Waals surface area (Å²) in [4.78, 5) is 54.5. The van der Waals surface area contributed by atoms with Gasteiger partial charge in [-0.1, -0.05) is 6.07 Å². The van der Waals surface area contributed by atoms with Gasteiger partial charge in [0.25, 0.3) is 0 Å². The molecule has 7 N–H and O–H groups in total. The highest BCUT2D eigenvalue weighted by Gasteiger charge is 2.66. The molecule has 0 saturated heterocycles. The molecule has 2 amide bonds. The zero-order valence-corrected chi connectivity index (χ0v) is 21.1. The van der Waals surface area contributed by atoms with Gasteiger partial charge in [-0.15, -0.1) is 0 Å². The number of benzene rings is 1. The summed E-state index contributed by atoms with van der Waals surface area (Å²) in [6.45, 7) is 0.0366. The Morgan fingerprint density at radius 3 is 2.38 bits per heavy atom. The number of carbonyl (C=O) groups is 4. The number of nitrogens with two attached hydrogens (primary N) is 1. The topological polar surface area (TPSA) is 194 Å². The van der Waals surface area contributed by atoms with Crippen LogP contribution in [-0.4, -0.2) is 106 Å². The average Bonchev–Trinajstić information content (AvgIpc) is 2.77. The predicted octanol–water partition coefficient (Wildman–Crippen LogP) is -1.21. The molecule has 3 aliphatic rings. The van der Waals surface area contributed by atoms with Gasteiger partial charge >= 0.3 is 0 Å². The highest BCUT2D eigenvalue weighted by Crippen LogP contribution is 2.52. The molecular formula is C25H32N4O8. The van der Waals surface area contributed by atoms with Gasteiger partial charge in [-0.25, -0.2) is 0 Å². The zero-order valence-electron chi connectivity index (χ0n) is 21.1. The van der Waals surface area contributed by atoms with Gasteiger partial charge in [-0.2, -0.15) is 0 Å². The van der Waals surface area contributed by atoms with Crippen molar-refractivity contribution in [3.63, 3.8) is 0 Å². The summed E-state index contributed by atoms with van der Waals surface area (Å²) in [5, 5.41) is 47.2. The Kier molecular flexibility index (Phi) is 6.65. The van der Waals surface area contributed by atoms with E-state index in [2.05, 4.69) is 5.32 Å². The molecule has 0 aromatic heterocycles. The molecule has 2 unspecified atom stereocenters. The summed E-state index contributed by atoms with van der Waals surface area (Å²) in [5.74, 6) is -8.42. The molecule has 1 aromatic carbocycles. The van der Waals surface area contributed by atoms with E-state index >= 15 is 0 Å². The number of phenolic OH excluding ortho intramolecular Hbond substituents is 1. The molecule has 200 valence electrons. The molecule has 0 spiro atoms. The van der Waals surface area contributed by atoms with Crippen molar-refractivity contribution in [3.05, 3.63) is 34.6 Å². The molecular weight excluding hydrogens is 484 g/mol. The third-order valence-electron chi connectivity index (χ3n) is 7.70. The lowest BCUT2D eigenvalue weighted by Crippen LogP contribution is -2.71. The molecule has 4 rings (SSSR count). The number of amides is 2. The minimum absolute atomic E-state index is 0.00298.